The van der Waals surface area contributed by atoms with Crippen molar-refractivity contribution in [1.29, 1.82) is 0 Å². The molecule has 0 atom stereocenters. The monoisotopic (exact) mass is 1420 g/mol. The van der Waals surface area contributed by atoms with Crippen molar-refractivity contribution < 1.29 is 13.3 Å². The number of benzene rings is 17. The summed E-state index contributed by atoms with van der Waals surface area (Å²) in [7, 11) is 0. The molecule has 0 unspecified atom stereocenters. The second kappa shape index (κ2) is 23.7. The van der Waals surface area contributed by atoms with Crippen LogP contribution in [0, 0.1) is 0 Å². The molecule has 0 amide bonds. The Balaban J connectivity index is 0.754. The average Bonchev–Trinajstić information content (AvgIpc) is 1.53. The molecule has 17 aromatic carbocycles. The van der Waals surface area contributed by atoms with Gasteiger partial charge in [0.1, 0.15) is 33.5 Å². The maximum Gasteiger partial charge on any atom is 0.147 e. The summed E-state index contributed by atoms with van der Waals surface area (Å²) in [4.78, 5) is 4.83. The predicted molar refractivity (Wildman–Crippen MR) is 460 cm³/mol. The highest BCUT2D eigenvalue weighted by Crippen LogP contribution is 2.55. The third-order valence-corrected chi connectivity index (χ3v) is 23.1. The van der Waals surface area contributed by atoms with Crippen molar-refractivity contribution in [3.8, 4) is 33.9 Å². The van der Waals surface area contributed by atoms with Crippen molar-refractivity contribution in [2.45, 2.75) is 0 Å². The molecule has 0 aliphatic carbocycles. The Kier molecular flexibility index (Phi) is 13.1. The van der Waals surface area contributed by atoms with Gasteiger partial charge in [-0.2, -0.15) is 0 Å². The van der Waals surface area contributed by atoms with Gasteiger partial charge in [-0.3, -0.25) is 0 Å². The quantitative estimate of drug-likeness (QED) is 0.129. The van der Waals surface area contributed by atoms with E-state index in [-0.39, 0.29) is 0 Å². The van der Waals surface area contributed by atoms with Crippen LogP contribution in [0.5, 0.6) is 0 Å². The summed E-state index contributed by atoms with van der Waals surface area (Å²) in [6.45, 7) is 0. The van der Waals surface area contributed by atoms with Gasteiger partial charge in [0.05, 0.1) is 87.8 Å². The van der Waals surface area contributed by atoms with Crippen molar-refractivity contribution in [2.75, 3.05) is 9.80 Å². The number of para-hydroxylation sites is 10. The molecule has 24 rings (SSSR count). The molecule has 9 nitrogen and oxygen atoms in total. The Hall–Kier alpha value is -15.1. The summed E-state index contributed by atoms with van der Waals surface area (Å²) < 4.78 is 31.8. The first-order valence-corrected chi connectivity index (χ1v) is 37.8. The normalized spacial score (nSPS) is 12.1. The molecule has 0 spiro atoms. The Morgan fingerprint density at radius 1 is 0.180 bits per heavy atom. The zero-order chi connectivity index (χ0) is 72.5. The van der Waals surface area contributed by atoms with Crippen LogP contribution in [-0.4, -0.2) is 18.3 Å². The lowest BCUT2D eigenvalue weighted by molar-refractivity contribution is 0.669. The van der Waals surface area contributed by atoms with Crippen LogP contribution in [0.1, 0.15) is 0 Å². The second-order valence-electron chi connectivity index (χ2n) is 29.0. The van der Waals surface area contributed by atoms with Crippen LogP contribution in [0.25, 0.3) is 187 Å². The minimum Gasteiger partial charge on any atom is -0.456 e. The lowest BCUT2D eigenvalue weighted by atomic mass is 9.99. The molecule has 0 aliphatic heterocycles. The molecule has 7 heterocycles. The largest absolute Gasteiger partial charge is 0.456 e. The number of hydrogen-bond acceptors (Lipinski definition) is 5. The maximum absolute atomic E-state index is 7.87. The van der Waals surface area contributed by atoms with E-state index in [1.807, 2.05) is 12.1 Å². The van der Waals surface area contributed by atoms with E-state index < -0.39 is 0 Å². The fraction of sp³-hybridized carbons (Fsp3) is 0. The smallest absolute Gasteiger partial charge is 0.147 e. The van der Waals surface area contributed by atoms with Crippen LogP contribution in [0.3, 0.4) is 0 Å². The van der Waals surface area contributed by atoms with Crippen LogP contribution >= 0.6 is 0 Å². The van der Waals surface area contributed by atoms with Gasteiger partial charge in [0.2, 0.25) is 0 Å². The first-order chi connectivity index (χ1) is 55.1. The summed E-state index contributed by atoms with van der Waals surface area (Å²) in [6, 6.07) is 136. The van der Waals surface area contributed by atoms with E-state index in [9.17, 15) is 0 Å². The van der Waals surface area contributed by atoms with Crippen molar-refractivity contribution >= 4 is 187 Å². The molecular weight excluding hydrogens is 1360 g/mol. The number of fused-ring (bicyclic) bond motifs is 25. The molecule has 0 N–H and O–H groups in total. The third kappa shape index (κ3) is 8.94. The lowest BCUT2D eigenvalue weighted by Gasteiger charge is -2.27. The first-order valence-electron chi connectivity index (χ1n) is 37.8. The highest BCUT2D eigenvalue weighted by molar-refractivity contribution is 6.34. The number of nitrogens with zero attached hydrogens (tertiary/aromatic N) is 6. The predicted octanol–water partition coefficient (Wildman–Crippen LogP) is 28.4. The standard InChI is InChI=1S/C102H62N6O3/c1-7-27-65(28-8-1)103(66-29-9-2-10-30-66)87-62-90-98(102-97(87)78-54-57-86-94(100(78)111-102)75-41-20-24-44-82(75)106(86)69-35-15-5-16-36-69)80-59-64(49-55-84(80)107(90)70-37-17-6-18-38-70)63-47-50-71(51-48-63)104(67-31-11-3-12-32-67)88-61-89-95(76-42-21-25-45-83(76)108(89)72-52-58-92-79(60-72)73-39-22-26-46-91(73)109-92)101-96(88)77-53-56-85-93(99(77)110-101)74-40-19-23-43-81(74)105(85)68-33-13-4-14-34-68/h1-62H. The zero-order valence-electron chi connectivity index (χ0n) is 59.7. The van der Waals surface area contributed by atoms with E-state index in [0.717, 1.165) is 221 Å². The van der Waals surface area contributed by atoms with Crippen LogP contribution in [-0.2, 0) is 0 Å². The number of hydrogen-bond donors (Lipinski definition) is 0. The number of rotatable bonds is 11. The Labute approximate surface area is 634 Å². The highest BCUT2D eigenvalue weighted by atomic mass is 16.3. The maximum atomic E-state index is 7.87. The molecule has 111 heavy (non-hydrogen) atoms. The van der Waals surface area contributed by atoms with E-state index in [1.54, 1.807) is 0 Å². The topological polar surface area (TPSA) is 65.6 Å². The number of anilines is 6. The summed E-state index contributed by atoms with van der Waals surface area (Å²) in [5.74, 6) is 0. The van der Waals surface area contributed by atoms with Gasteiger partial charge in [0.25, 0.3) is 0 Å². The SMILES string of the molecule is c1ccc(N(c2ccc(-c3ccc4c(c3)c3c5oc6c(ccc7c6c6ccccc6n7-c6ccccc6)c5c(N(c5ccccc5)c5ccccc5)cc3n4-c3ccccc3)cc2)c2cc3c(c4ccccc4n3-c3ccc4oc5ccccc5c4c3)c3oc4c(ccc5c4c4ccccc4n5-c4ccccc4)c23)cc1. The molecule has 24 aromatic rings. The molecule has 9 heteroatoms. The third-order valence-electron chi connectivity index (χ3n) is 23.1. The van der Waals surface area contributed by atoms with Crippen LogP contribution in [0.4, 0.5) is 34.1 Å². The molecular formula is C102H62N6O3. The molecule has 0 fully saturated rings. The molecule has 0 radical (unpaired) electrons. The van der Waals surface area contributed by atoms with Gasteiger partial charge in [-0.15, -0.1) is 0 Å². The number of furan rings is 3. The molecule has 0 saturated heterocycles. The summed E-state index contributed by atoms with van der Waals surface area (Å²) in [6.07, 6.45) is 0. The molecule has 0 aliphatic rings. The van der Waals surface area contributed by atoms with Crippen molar-refractivity contribution in [3.63, 3.8) is 0 Å². The Bertz CT molecular complexity index is 7890. The van der Waals surface area contributed by atoms with Crippen molar-refractivity contribution in [1.82, 2.24) is 18.3 Å². The molecule has 518 valence electrons. The molecule has 0 saturated carbocycles. The van der Waals surface area contributed by atoms with E-state index in [2.05, 4.69) is 392 Å². The van der Waals surface area contributed by atoms with E-state index in [4.69, 9.17) is 13.3 Å². The molecule has 0 bridgehead atoms. The highest BCUT2D eigenvalue weighted by Gasteiger charge is 2.32. The Morgan fingerprint density at radius 3 is 1.01 bits per heavy atom. The Morgan fingerprint density at radius 2 is 0.532 bits per heavy atom. The minimum absolute atomic E-state index is 0.814. The fourth-order valence-electron chi connectivity index (χ4n) is 18.4. The van der Waals surface area contributed by atoms with Crippen LogP contribution in [0.15, 0.2) is 389 Å². The van der Waals surface area contributed by atoms with E-state index >= 15 is 0 Å². The first kappa shape index (κ1) is 61.1. The van der Waals surface area contributed by atoms with Crippen LogP contribution in [0.2, 0.25) is 0 Å². The van der Waals surface area contributed by atoms with Crippen LogP contribution < -0.4 is 9.80 Å². The van der Waals surface area contributed by atoms with Gasteiger partial charge < -0.3 is 41.3 Å². The summed E-state index contributed by atoms with van der Waals surface area (Å²) in [5, 5.41) is 14.8. The van der Waals surface area contributed by atoms with Crippen molar-refractivity contribution in [3.05, 3.63) is 376 Å². The van der Waals surface area contributed by atoms with Gasteiger partial charge in [-0.1, -0.05) is 200 Å². The fourth-order valence-corrected chi connectivity index (χ4v) is 18.4. The van der Waals surface area contributed by atoms with E-state index in [1.165, 1.54) is 0 Å². The van der Waals surface area contributed by atoms with Gasteiger partial charge in [0.15, 0.2) is 0 Å². The van der Waals surface area contributed by atoms with Crippen molar-refractivity contribution in [2.24, 2.45) is 0 Å². The van der Waals surface area contributed by atoms with E-state index in [0.29, 0.717) is 0 Å². The minimum atomic E-state index is 0.814. The molecule has 7 aromatic heterocycles. The lowest BCUT2D eigenvalue weighted by Crippen LogP contribution is -2.10. The number of aromatic nitrogens is 4. The van der Waals surface area contributed by atoms with Gasteiger partial charge in [-0.25, -0.2) is 0 Å². The van der Waals surface area contributed by atoms with Gasteiger partial charge >= 0.3 is 0 Å². The summed E-state index contributed by atoms with van der Waals surface area (Å²) >= 11 is 0. The van der Waals surface area contributed by atoms with Gasteiger partial charge in [0, 0.05) is 88.6 Å². The second-order valence-corrected chi connectivity index (χ2v) is 29.0. The van der Waals surface area contributed by atoms with Gasteiger partial charge in [-0.05, 0) is 187 Å². The average molecular weight is 1420 g/mol. The zero-order valence-corrected chi connectivity index (χ0v) is 59.7. The summed E-state index contributed by atoms with van der Waals surface area (Å²) in [5.41, 5.74) is 25.9.